The molecular formula is C12H17F3N2O. The Morgan fingerprint density at radius 3 is 2.44 bits per heavy atom. The number of benzene rings is 1. The summed E-state index contributed by atoms with van der Waals surface area (Å²) in [6.07, 6.45) is -3.64. The summed E-state index contributed by atoms with van der Waals surface area (Å²) in [4.78, 5) is 1.23. The minimum Gasteiger partial charge on any atom is -0.497 e. The summed E-state index contributed by atoms with van der Waals surface area (Å²) in [5.74, 6) is 0.528. The number of anilines is 2. The molecule has 0 spiro atoms. The number of alkyl halides is 3. The summed E-state index contributed by atoms with van der Waals surface area (Å²) in [7, 11) is 1.48. The maximum absolute atomic E-state index is 12.5. The van der Waals surface area contributed by atoms with Crippen LogP contribution in [0.5, 0.6) is 5.75 Å². The Labute approximate surface area is 104 Å². The van der Waals surface area contributed by atoms with E-state index in [1.54, 1.807) is 12.1 Å². The van der Waals surface area contributed by atoms with Gasteiger partial charge in [-0.15, -0.1) is 0 Å². The van der Waals surface area contributed by atoms with Crippen LogP contribution < -0.4 is 15.4 Å². The molecule has 0 fully saturated rings. The molecule has 0 unspecified atom stereocenters. The second-order valence-corrected chi connectivity index (χ2v) is 3.96. The molecule has 1 aromatic rings. The van der Waals surface area contributed by atoms with Crippen molar-refractivity contribution >= 4 is 11.4 Å². The van der Waals surface area contributed by atoms with E-state index in [9.17, 15) is 13.2 Å². The second-order valence-electron chi connectivity index (χ2n) is 3.96. The lowest BCUT2D eigenvalue weighted by molar-refractivity contribution is -0.119. The molecule has 0 atom stereocenters. The predicted molar refractivity (Wildman–Crippen MR) is 66.0 cm³/mol. The number of methoxy groups -OCH3 is 1. The van der Waals surface area contributed by atoms with Crippen molar-refractivity contribution in [3.05, 3.63) is 18.2 Å². The van der Waals surface area contributed by atoms with Gasteiger partial charge in [0.1, 0.15) is 12.3 Å². The van der Waals surface area contributed by atoms with Crippen LogP contribution in [0.3, 0.4) is 0 Å². The molecule has 0 aromatic heterocycles. The highest BCUT2D eigenvalue weighted by atomic mass is 19.4. The van der Waals surface area contributed by atoms with Crippen LogP contribution in [0.1, 0.15) is 13.3 Å². The van der Waals surface area contributed by atoms with Gasteiger partial charge in [0.2, 0.25) is 0 Å². The van der Waals surface area contributed by atoms with Crippen molar-refractivity contribution in [2.24, 2.45) is 0 Å². The Morgan fingerprint density at radius 2 is 2.00 bits per heavy atom. The number of nitrogen functional groups attached to an aromatic ring is 1. The SMILES string of the molecule is CCCN(CC(F)(F)F)c1ccc(OC)cc1N. The fourth-order valence-corrected chi connectivity index (χ4v) is 1.72. The molecule has 6 heteroatoms. The number of ether oxygens (including phenoxy) is 1. The first-order valence-electron chi connectivity index (χ1n) is 5.62. The van der Waals surface area contributed by atoms with E-state index in [0.717, 1.165) is 0 Å². The number of halogens is 3. The zero-order chi connectivity index (χ0) is 13.8. The van der Waals surface area contributed by atoms with Gasteiger partial charge in [0, 0.05) is 12.6 Å². The number of hydrogen-bond donors (Lipinski definition) is 1. The van der Waals surface area contributed by atoms with Crippen molar-refractivity contribution in [3.8, 4) is 5.75 Å². The summed E-state index contributed by atoms with van der Waals surface area (Å²) in [5.41, 5.74) is 6.43. The van der Waals surface area contributed by atoms with Crippen molar-refractivity contribution in [3.63, 3.8) is 0 Å². The molecule has 0 aliphatic carbocycles. The zero-order valence-electron chi connectivity index (χ0n) is 10.4. The molecule has 0 aliphatic rings. The van der Waals surface area contributed by atoms with Crippen LogP contribution in [0.15, 0.2) is 18.2 Å². The summed E-state index contributed by atoms with van der Waals surface area (Å²) < 4.78 is 42.4. The van der Waals surface area contributed by atoms with Gasteiger partial charge in [0.15, 0.2) is 0 Å². The monoisotopic (exact) mass is 262 g/mol. The molecule has 0 amide bonds. The maximum Gasteiger partial charge on any atom is 0.405 e. The van der Waals surface area contributed by atoms with E-state index in [4.69, 9.17) is 10.5 Å². The molecular weight excluding hydrogens is 245 g/mol. The predicted octanol–water partition coefficient (Wildman–Crippen LogP) is 3.06. The highest BCUT2D eigenvalue weighted by Crippen LogP contribution is 2.30. The molecule has 2 N–H and O–H groups in total. The topological polar surface area (TPSA) is 38.5 Å². The van der Waals surface area contributed by atoms with Crippen molar-refractivity contribution in [2.45, 2.75) is 19.5 Å². The molecule has 102 valence electrons. The Bertz CT molecular complexity index is 393. The molecule has 0 aliphatic heterocycles. The van der Waals surface area contributed by atoms with Crippen molar-refractivity contribution < 1.29 is 17.9 Å². The first-order chi connectivity index (χ1) is 8.37. The summed E-state index contributed by atoms with van der Waals surface area (Å²) in [5, 5.41) is 0. The van der Waals surface area contributed by atoms with Gasteiger partial charge < -0.3 is 15.4 Å². The van der Waals surface area contributed by atoms with Gasteiger partial charge in [-0.05, 0) is 18.6 Å². The normalized spacial score (nSPS) is 11.4. The van der Waals surface area contributed by atoms with E-state index in [0.29, 0.717) is 24.4 Å². The van der Waals surface area contributed by atoms with E-state index in [1.165, 1.54) is 18.1 Å². The Balaban J connectivity index is 2.98. The van der Waals surface area contributed by atoms with Gasteiger partial charge >= 0.3 is 6.18 Å². The maximum atomic E-state index is 12.5. The second kappa shape index (κ2) is 5.84. The lowest BCUT2D eigenvalue weighted by Gasteiger charge is -2.26. The highest BCUT2D eigenvalue weighted by molar-refractivity contribution is 5.69. The molecule has 1 aromatic carbocycles. The van der Waals surface area contributed by atoms with Gasteiger partial charge in [0.05, 0.1) is 18.5 Å². The van der Waals surface area contributed by atoms with Crippen molar-refractivity contribution in [1.29, 1.82) is 0 Å². The highest BCUT2D eigenvalue weighted by Gasteiger charge is 2.31. The molecule has 3 nitrogen and oxygen atoms in total. The van der Waals surface area contributed by atoms with Crippen LogP contribution in [0.2, 0.25) is 0 Å². The van der Waals surface area contributed by atoms with Crippen LogP contribution in [-0.4, -0.2) is 26.4 Å². The van der Waals surface area contributed by atoms with Crippen LogP contribution in [-0.2, 0) is 0 Å². The van der Waals surface area contributed by atoms with E-state index < -0.39 is 12.7 Å². The van der Waals surface area contributed by atoms with Gasteiger partial charge in [-0.2, -0.15) is 13.2 Å². The first kappa shape index (κ1) is 14.5. The lowest BCUT2D eigenvalue weighted by Crippen LogP contribution is -2.35. The molecule has 0 heterocycles. The summed E-state index contributed by atoms with van der Waals surface area (Å²) in [6, 6.07) is 4.68. The van der Waals surface area contributed by atoms with E-state index in [-0.39, 0.29) is 5.69 Å². The summed E-state index contributed by atoms with van der Waals surface area (Å²) in [6.45, 7) is 1.12. The van der Waals surface area contributed by atoms with Crippen molar-refractivity contribution in [2.75, 3.05) is 30.8 Å². The number of hydrogen-bond acceptors (Lipinski definition) is 3. The van der Waals surface area contributed by atoms with Crippen LogP contribution in [0.25, 0.3) is 0 Å². The fourth-order valence-electron chi connectivity index (χ4n) is 1.72. The molecule has 1 rings (SSSR count). The quantitative estimate of drug-likeness (QED) is 0.829. The van der Waals surface area contributed by atoms with Gasteiger partial charge in [-0.25, -0.2) is 0 Å². The minimum atomic E-state index is -4.25. The summed E-state index contributed by atoms with van der Waals surface area (Å²) >= 11 is 0. The molecule has 0 bridgehead atoms. The number of nitrogens with zero attached hydrogens (tertiary/aromatic N) is 1. The minimum absolute atomic E-state index is 0.284. The Hall–Kier alpha value is -1.59. The van der Waals surface area contributed by atoms with Crippen LogP contribution >= 0.6 is 0 Å². The van der Waals surface area contributed by atoms with E-state index in [1.807, 2.05) is 6.92 Å². The smallest absolute Gasteiger partial charge is 0.405 e. The zero-order valence-corrected chi connectivity index (χ0v) is 10.4. The van der Waals surface area contributed by atoms with Gasteiger partial charge in [0.25, 0.3) is 0 Å². The van der Waals surface area contributed by atoms with Crippen LogP contribution in [0, 0.1) is 0 Å². The van der Waals surface area contributed by atoms with E-state index >= 15 is 0 Å². The first-order valence-corrected chi connectivity index (χ1v) is 5.62. The average Bonchev–Trinajstić information content (AvgIpc) is 2.26. The number of rotatable bonds is 5. The average molecular weight is 262 g/mol. The van der Waals surface area contributed by atoms with Crippen molar-refractivity contribution in [1.82, 2.24) is 0 Å². The third-order valence-corrected chi connectivity index (χ3v) is 2.44. The molecule has 0 saturated heterocycles. The largest absolute Gasteiger partial charge is 0.497 e. The molecule has 18 heavy (non-hydrogen) atoms. The lowest BCUT2D eigenvalue weighted by atomic mass is 10.2. The van der Waals surface area contributed by atoms with Gasteiger partial charge in [-0.3, -0.25) is 0 Å². The third-order valence-electron chi connectivity index (χ3n) is 2.44. The standard InChI is InChI=1S/C12H17F3N2O/c1-3-6-17(8-12(13,14)15)11-5-4-9(18-2)7-10(11)16/h4-5,7H,3,6,8,16H2,1-2H3. The molecule has 0 radical (unpaired) electrons. The number of nitrogens with two attached hydrogens (primary N) is 1. The third kappa shape index (κ3) is 4.01. The molecule has 0 saturated carbocycles. The Kier molecular flexibility index (Phi) is 4.69. The van der Waals surface area contributed by atoms with Gasteiger partial charge in [-0.1, -0.05) is 6.92 Å². The Morgan fingerprint density at radius 1 is 1.33 bits per heavy atom. The fraction of sp³-hybridized carbons (Fsp3) is 0.500. The van der Waals surface area contributed by atoms with Crippen LogP contribution in [0.4, 0.5) is 24.5 Å². The van der Waals surface area contributed by atoms with E-state index in [2.05, 4.69) is 0 Å².